The number of nitrogens with zero attached hydrogens (tertiary/aromatic N) is 1. The number of methoxy groups -OCH3 is 2. The van der Waals surface area contributed by atoms with Crippen LogP contribution in [-0.4, -0.2) is 42.8 Å². The molecule has 1 aliphatic rings. The highest BCUT2D eigenvalue weighted by Gasteiger charge is 2.36. The molecule has 1 aromatic carbocycles. The van der Waals surface area contributed by atoms with Gasteiger partial charge in [0.1, 0.15) is 12.4 Å². The average molecular weight is 506 g/mol. The summed E-state index contributed by atoms with van der Waals surface area (Å²) in [6.07, 6.45) is 6.79. The second-order valence-electron chi connectivity index (χ2n) is 6.04. The van der Waals surface area contributed by atoms with Gasteiger partial charge in [-0.2, -0.15) is 0 Å². The molecule has 1 aliphatic heterocycles. The highest BCUT2D eigenvalue weighted by atomic mass is 79.9. The second kappa shape index (κ2) is 9.76. The van der Waals surface area contributed by atoms with Gasteiger partial charge in [-0.05, 0) is 47.7 Å². The lowest BCUT2D eigenvalue weighted by atomic mass is 10.2. The number of carbonyl (C=O) groups is 3. The minimum absolute atomic E-state index is 0.0109. The lowest BCUT2D eigenvalue weighted by Crippen LogP contribution is -2.27. The Hall–Kier alpha value is -3.16. The third-order valence-corrected chi connectivity index (χ3v) is 5.71. The number of rotatable bonds is 7. The number of imide groups is 1. The number of esters is 1. The summed E-state index contributed by atoms with van der Waals surface area (Å²) < 4.78 is 21.3. The van der Waals surface area contributed by atoms with Crippen molar-refractivity contribution in [3.8, 4) is 23.8 Å². The quantitative estimate of drug-likeness (QED) is 0.315. The molecule has 0 bridgehead atoms. The summed E-state index contributed by atoms with van der Waals surface area (Å²) in [6.45, 7) is -0.0339. The fraction of sp³-hybridized carbons (Fsp3) is 0.190. The van der Waals surface area contributed by atoms with E-state index in [1.807, 2.05) is 0 Å². The number of ether oxygens (including phenoxy) is 3. The van der Waals surface area contributed by atoms with Crippen LogP contribution < -0.4 is 9.47 Å². The molecule has 1 fully saturated rings. The van der Waals surface area contributed by atoms with Crippen LogP contribution >= 0.6 is 27.7 Å². The highest BCUT2D eigenvalue weighted by Crippen LogP contribution is 2.38. The van der Waals surface area contributed by atoms with Gasteiger partial charge in [-0.3, -0.25) is 14.5 Å². The number of amides is 2. The molecular weight excluding hydrogens is 490 g/mol. The molecule has 2 aromatic rings. The molecule has 31 heavy (non-hydrogen) atoms. The first-order valence-electron chi connectivity index (χ1n) is 8.74. The highest BCUT2D eigenvalue weighted by molar-refractivity contribution is 9.10. The minimum Gasteiger partial charge on any atom is -0.493 e. The molecule has 8 nitrogen and oxygen atoms in total. The minimum atomic E-state index is -0.645. The maximum Gasteiger partial charge on any atom is 0.373 e. The molecule has 10 heteroatoms. The van der Waals surface area contributed by atoms with Crippen LogP contribution in [0.3, 0.4) is 0 Å². The largest absolute Gasteiger partial charge is 0.493 e. The third-order valence-electron chi connectivity index (χ3n) is 4.12. The summed E-state index contributed by atoms with van der Waals surface area (Å²) in [4.78, 5) is 37.9. The van der Waals surface area contributed by atoms with E-state index in [0.29, 0.717) is 21.5 Å². The smallest absolute Gasteiger partial charge is 0.373 e. The summed E-state index contributed by atoms with van der Waals surface area (Å²) >= 11 is 4.23. The third kappa shape index (κ3) is 4.95. The number of furan rings is 1. The molecule has 0 atom stereocenters. The van der Waals surface area contributed by atoms with Crippen molar-refractivity contribution >= 4 is 50.9 Å². The van der Waals surface area contributed by atoms with Gasteiger partial charge in [-0.25, -0.2) is 4.79 Å². The van der Waals surface area contributed by atoms with Crippen LogP contribution in [0.2, 0.25) is 0 Å². The van der Waals surface area contributed by atoms with Crippen LogP contribution in [0.1, 0.15) is 21.9 Å². The zero-order chi connectivity index (χ0) is 22.5. The van der Waals surface area contributed by atoms with E-state index < -0.39 is 17.1 Å². The maximum atomic E-state index is 12.8. The van der Waals surface area contributed by atoms with Crippen molar-refractivity contribution < 1.29 is 33.0 Å². The first-order chi connectivity index (χ1) is 14.9. The van der Waals surface area contributed by atoms with E-state index in [1.165, 1.54) is 26.4 Å². The Morgan fingerprint density at radius 2 is 2.06 bits per heavy atom. The van der Waals surface area contributed by atoms with Gasteiger partial charge >= 0.3 is 5.97 Å². The summed E-state index contributed by atoms with van der Waals surface area (Å²) in [5, 5.41) is -0.454. The zero-order valence-electron chi connectivity index (χ0n) is 16.5. The summed E-state index contributed by atoms with van der Waals surface area (Å²) in [5.74, 6) is 2.39. The number of carbonyl (C=O) groups excluding carboxylic acids is 3. The van der Waals surface area contributed by atoms with Gasteiger partial charge < -0.3 is 18.6 Å². The molecule has 0 N–H and O–H groups in total. The Morgan fingerprint density at radius 1 is 1.29 bits per heavy atom. The number of hydrogen-bond donors (Lipinski definition) is 0. The van der Waals surface area contributed by atoms with Crippen LogP contribution in [-0.2, 0) is 16.1 Å². The molecule has 2 amide bonds. The van der Waals surface area contributed by atoms with E-state index in [-0.39, 0.29) is 29.6 Å². The first kappa shape index (κ1) is 22.5. The van der Waals surface area contributed by atoms with Gasteiger partial charge in [0.05, 0.1) is 25.7 Å². The van der Waals surface area contributed by atoms with Crippen molar-refractivity contribution in [2.45, 2.75) is 6.54 Å². The molecule has 0 radical (unpaired) electrons. The Bertz CT molecular complexity index is 1120. The van der Waals surface area contributed by atoms with Crippen LogP contribution in [0, 0.1) is 12.3 Å². The Labute approximate surface area is 190 Å². The second-order valence-corrected chi connectivity index (χ2v) is 7.89. The number of terminal acetylenes is 1. The summed E-state index contributed by atoms with van der Waals surface area (Å²) in [5.41, 5.74) is 0.612. The van der Waals surface area contributed by atoms with Gasteiger partial charge in [0.2, 0.25) is 5.76 Å². The molecule has 3 rings (SSSR count). The Morgan fingerprint density at radius 3 is 2.74 bits per heavy atom. The van der Waals surface area contributed by atoms with Crippen molar-refractivity contribution in [2.24, 2.45) is 0 Å². The standard InChI is InChI=1S/C21H16BrNO7S/c1-4-7-29-17-10-14(22)12(8-16(17)27-2)9-18-19(24)23(21(26)31-18)11-13-5-6-15(30-13)20(25)28-3/h1,5-6,8-10H,7,11H2,2-3H3/b18-9+. The number of halogens is 1. The van der Waals surface area contributed by atoms with Gasteiger partial charge in [0.15, 0.2) is 11.5 Å². The molecule has 0 spiro atoms. The Balaban J connectivity index is 1.82. The molecule has 0 aliphatic carbocycles. The van der Waals surface area contributed by atoms with E-state index in [9.17, 15) is 14.4 Å². The van der Waals surface area contributed by atoms with Gasteiger partial charge in [0.25, 0.3) is 11.1 Å². The molecule has 1 saturated heterocycles. The molecule has 2 heterocycles. The monoisotopic (exact) mass is 505 g/mol. The predicted octanol–water partition coefficient (Wildman–Crippen LogP) is 4.09. The lowest BCUT2D eigenvalue weighted by Gasteiger charge is -2.12. The summed E-state index contributed by atoms with van der Waals surface area (Å²) in [6, 6.07) is 6.27. The molecule has 1 aromatic heterocycles. The van der Waals surface area contributed by atoms with Crippen molar-refractivity contribution in [2.75, 3.05) is 20.8 Å². The lowest BCUT2D eigenvalue weighted by molar-refractivity contribution is -0.123. The average Bonchev–Trinajstić information content (AvgIpc) is 3.33. The van der Waals surface area contributed by atoms with E-state index in [4.69, 9.17) is 20.3 Å². The first-order valence-corrected chi connectivity index (χ1v) is 10.3. The van der Waals surface area contributed by atoms with Crippen molar-refractivity contribution in [3.63, 3.8) is 0 Å². The van der Waals surface area contributed by atoms with Crippen LogP contribution in [0.4, 0.5) is 4.79 Å². The van der Waals surface area contributed by atoms with E-state index in [1.54, 1.807) is 18.2 Å². The van der Waals surface area contributed by atoms with E-state index >= 15 is 0 Å². The topological polar surface area (TPSA) is 95.3 Å². The van der Waals surface area contributed by atoms with E-state index in [0.717, 1.165) is 16.7 Å². The summed E-state index contributed by atoms with van der Waals surface area (Å²) in [7, 11) is 2.71. The van der Waals surface area contributed by atoms with Gasteiger partial charge in [-0.15, -0.1) is 6.42 Å². The predicted molar refractivity (Wildman–Crippen MR) is 117 cm³/mol. The van der Waals surface area contributed by atoms with Crippen molar-refractivity contribution in [1.29, 1.82) is 0 Å². The fourth-order valence-corrected chi connectivity index (χ4v) is 3.93. The van der Waals surface area contributed by atoms with Gasteiger partial charge in [0, 0.05) is 4.47 Å². The van der Waals surface area contributed by atoms with Crippen molar-refractivity contribution in [1.82, 2.24) is 4.90 Å². The number of hydrogen-bond acceptors (Lipinski definition) is 8. The number of benzene rings is 1. The molecule has 0 unspecified atom stereocenters. The van der Waals surface area contributed by atoms with Gasteiger partial charge in [-0.1, -0.05) is 21.9 Å². The van der Waals surface area contributed by atoms with Crippen LogP contribution in [0.25, 0.3) is 6.08 Å². The molecular formula is C21H16BrNO7S. The Kier molecular flexibility index (Phi) is 7.09. The molecule has 160 valence electrons. The maximum absolute atomic E-state index is 12.8. The van der Waals surface area contributed by atoms with Crippen LogP contribution in [0.5, 0.6) is 11.5 Å². The van der Waals surface area contributed by atoms with Crippen molar-refractivity contribution in [3.05, 3.63) is 50.7 Å². The number of thioether (sulfide) groups is 1. The molecule has 0 saturated carbocycles. The SMILES string of the molecule is C#CCOc1cc(Br)c(/C=C2/SC(=O)N(Cc3ccc(C(=O)OC)o3)C2=O)cc1OC. The zero-order valence-corrected chi connectivity index (χ0v) is 18.9. The van der Waals surface area contributed by atoms with E-state index in [2.05, 4.69) is 26.6 Å². The van der Waals surface area contributed by atoms with Crippen LogP contribution in [0.15, 0.2) is 38.1 Å². The normalized spacial score (nSPS) is 14.6. The fourth-order valence-electron chi connectivity index (χ4n) is 2.66.